The Morgan fingerprint density at radius 1 is 1.31 bits per heavy atom. The summed E-state index contributed by atoms with van der Waals surface area (Å²) >= 11 is 0. The maximum absolute atomic E-state index is 9.51. The first-order chi connectivity index (χ1) is 7.50. The summed E-state index contributed by atoms with van der Waals surface area (Å²) in [7, 11) is 0. The van der Waals surface area contributed by atoms with Gasteiger partial charge in [-0.1, -0.05) is 20.8 Å². The molecule has 1 heterocycles. The van der Waals surface area contributed by atoms with Gasteiger partial charge in [-0.25, -0.2) is 0 Å². The molecule has 0 aromatic rings. The molecule has 0 amide bonds. The van der Waals surface area contributed by atoms with Gasteiger partial charge in [0.05, 0.1) is 12.1 Å². The van der Waals surface area contributed by atoms with E-state index >= 15 is 0 Å². The quantitative estimate of drug-likeness (QED) is 0.720. The molecule has 0 bridgehead atoms. The van der Waals surface area contributed by atoms with Gasteiger partial charge in [-0.2, -0.15) is 0 Å². The fourth-order valence-electron chi connectivity index (χ4n) is 2.46. The highest BCUT2D eigenvalue weighted by Crippen LogP contribution is 2.23. The Morgan fingerprint density at radius 2 is 1.88 bits per heavy atom. The number of rotatable bonds is 6. The molecule has 1 saturated heterocycles. The molecule has 1 rings (SSSR count). The fourth-order valence-corrected chi connectivity index (χ4v) is 2.46. The van der Waals surface area contributed by atoms with Crippen molar-refractivity contribution in [1.82, 2.24) is 10.2 Å². The second-order valence-corrected chi connectivity index (χ2v) is 5.79. The zero-order valence-electron chi connectivity index (χ0n) is 11.3. The number of hydrogen-bond donors (Lipinski definition) is 2. The van der Waals surface area contributed by atoms with E-state index in [4.69, 9.17) is 0 Å². The molecule has 3 unspecified atom stereocenters. The van der Waals surface area contributed by atoms with E-state index in [1.807, 2.05) is 0 Å². The van der Waals surface area contributed by atoms with Crippen LogP contribution in [0.5, 0.6) is 0 Å². The Kier molecular flexibility index (Phi) is 5.22. The molecular weight excluding hydrogens is 200 g/mol. The number of nitrogens with zero attached hydrogens (tertiary/aromatic N) is 1. The van der Waals surface area contributed by atoms with E-state index in [1.165, 1.54) is 13.1 Å². The summed E-state index contributed by atoms with van der Waals surface area (Å²) in [6, 6.07) is 0. The number of nitrogens with one attached hydrogen (secondary N) is 1. The van der Waals surface area contributed by atoms with E-state index in [9.17, 15) is 5.11 Å². The van der Waals surface area contributed by atoms with Gasteiger partial charge in [-0.3, -0.25) is 0 Å². The van der Waals surface area contributed by atoms with Gasteiger partial charge in [-0.15, -0.1) is 0 Å². The Labute approximate surface area is 100 Å². The third kappa shape index (κ3) is 3.72. The van der Waals surface area contributed by atoms with Gasteiger partial charge < -0.3 is 15.3 Å². The molecule has 0 radical (unpaired) electrons. The molecular formula is C13H28N2O. The number of likely N-dealkylation sites (tertiary alicyclic amines) is 1. The first kappa shape index (κ1) is 13.9. The molecule has 0 aliphatic carbocycles. The molecule has 0 aromatic carbocycles. The normalized spacial score (nSPS) is 30.6. The summed E-state index contributed by atoms with van der Waals surface area (Å²) in [5, 5.41) is 13.0. The maximum atomic E-state index is 9.51. The van der Waals surface area contributed by atoms with Crippen molar-refractivity contribution in [3.8, 4) is 0 Å². The second-order valence-electron chi connectivity index (χ2n) is 5.79. The highest BCUT2D eigenvalue weighted by molar-refractivity contribution is 4.89. The lowest BCUT2D eigenvalue weighted by Gasteiger charge is -2.33. The third-order valence-electron chi connectivity index (χ3n) is 3.79. The molecule has 3 atom stereocenters. The van der Waals surface area contributed by atoms with Gasteiger partial charge in [0.2, 0.25) is 0 Å². The summed E-state index contributed by atoms with van der Waals surface area (Å²) in [4.78, 5) is 2.48. The molecule has 96 valence electrons. The number of aliphatic hydroxyl groups is 1. The molecule has 1 aliphatic heterocycles. The SMILES string of the molecule is CCCNC(C)(CO)CN1CC(C)C(C)C1. The Bertz CT molecular complexity index is 200. The average Bonchev–Trinajstić information content (AvgIpc) is 2.55. The van der Waals surface area contributed by atoms with E-state index in [0.29, 0.717) is 0 Å². The minimum absolute atomic E-state index is 0.139. The minimum atomic E-state index is -0.139. The second kappa shape index (κ2) is 5.99. The summed E-state index contributed by atoms with van der Waals surface area (Å²) in [6.07, 6.45) is 1.11. The van der Waals surface area contributed by atoms with Crippen molar-refractivity contribution >= 4 is 0 Å². The lowest BCUT2D eigenvalue weighted by Crippen LogP contribution is -2.53. The van der Waals surface area contributed by atoms with E-state index < -0.39 is 0 Å². The highest BCUT2D eigenvalue weighted by Gasteiger charge is 2.32. The lowest BCUT2D eigenvalue weighted by molar-refractivity contribution is 0.129. The van der Waals surface area contributed by atoms with Crippen LogP contribution in [0.15, 0.2) is 0 Å². The Morgan fingerprint density at radius 3 is 2.31 bits per heavy atom. The largest absolute Gasteiger partial charge is 0.394 e. The summed E-state index contributed by atoms with van der Waals surface area (Å²) < 4.78 is 0. The van der Waals surface area contributed by atoms with Crippen molar-refractivity contribution in [2.45, 2.75) is 39.7 Å². The van der Waals surface area contributed by atoms with Crippen molar-refractivity contribution in [3.63, 3.8) is 0 Å². The molecule has 0 saturated carbocycles. The summed E-state index contributed by atoms with van der Waals surface area (Å²) in [5.41, 5.74) is -0.139. The van der Waals surface area contributed by atoms with E-state index in [0.717, 1.165) is 31.3 Å². The van der Waals surface area contributed by atoms with Crippen molar-refractivity contribution in [1.29, 1.82) is 0 Å². The van der Waals surface area contributed by atoms with Crippen LogP contribution in [0.4, 0.5) is 0 Å². The molecule has 1 aliphatic rings. The van der Waals surface area contributed by atoms with Gasteiger partial charge in [0.25, 0.3) is 0 Å². The molecule has 3 nitrogen and oxygen atoms in total. The maximum Gasteiger partial charge on any atom is 0.0623 e. The van der Waals surface area contributed by atoms with Crippen molar-refractivity contribution in [2.24, 2.45) is 11.8 Å². The number of hydrogen-bond acceptors (Lipinski definition) is 3. The number of aliphatic hydroxyl groups excluding tert-OH is 1. The van der Waals surface area contributed by atoms with E-state index in [-0.39, 0.29) is 12.1 Å². The van der Waals surface area contributed by atoms with E-state index in [2.05, 4.69) is 37.9 Å². The van der Waals surface area contributed by atoms with Crippen molar-refractivity contribution < 1.29 is 5.11 Å². The van der Waals surface area contributed by atoms with Crippen LogP contribution >= 0.6 is 0 Å². The van der Waals surface area contributed by atoms with Crippen LogP contribution in [-0.2, 0) is 0 Å². The minimum Gasteiger partial charge on any atom is -0.394 e. The zero-order chi connectivity index (χ0) is 12.2. The van der Waals surface area contributed by atoms with Crippen LogP contribution in [0.1, 0.15) is 34.1 Å². The van der Waals surface area contributed by atoms with E-state index in [1.54, 1.807) is 0 Å². The molecule has 3 heteroatoms. The molecule has 16 heavy (non-hydrogen) atoms. The van der Waals surface area contributed by atoms with Gasteiger partial charge in [-0.05, 0) is 31.7 Å². The predicted molar refractivity (Wildman–Crippen MR) is 68.6 cm³/mol. The Hall–Kier alpha value is -0.120. The van der Waals surface area contributed by atoms with Crippen LogP contribution in [0, 0.1) is 11.8 Å². The molecule has 0 aromatic heterocycles. The van der Waals surface area contributed by atoms with Crippen LogP contribution in [0.2, 0.25) is 0 Å². The average molecular weight is 228 g/mol. The van der Waals surface area contributed by atoms with Crippen LogP contribution in [-0.4, -0.2) is 48.3 Å². The van der Waals surface area contributed by atoms with Gasteiger partial charge in [0, 0.05) is 19.6 Å². The monoisotopic (exact) mass is 228 g/mol. The summed E-state index contributed by atoms with van der Waals surface area (Å²) in [5.74, 6) is 1.57. The van der Waals surface area contributed by atoms with Crippen LogP contribution in [0.25, 0.3) is 0 Å². The smallest absolute Gasteiger partial charge is 0.0623 e. The van der Waals surface area contributed by atoms with Crippen molar-refractivity contribution in [2.75, 3.05) is 32.8 Å². The topological polar surface area (TPSA) is 35.5 Å². The third-order valence-corrected chi connectivity index (χ3v) is 3.79. The first-order valence-corrected chi connectivity index (χ1v) is 6.59. The van der Waals surface area contributed by atoms with Crippen molar-refractivity contribution in [3.05, 3.63) is 0 Å². The first-order valence-electron chi connectivity index (χ1n) is 6.59. The standard InChI is InChI=1S/C13H28N2O/c1-5-6-14-13(4,10-16)9-15-7-11(2)12(3)8-15/h11-12,14,16H,5-10H2,1-4H3. The van der Waals surface area contributed by atoms with Crippen LogP contribution in [0.3, 0.4) is 0 Å². The lowest BCUT2D eigenvalue weighted by atomic mass is 10.0. The highest BCUT2D eigenvalue weighted by atomic mass is 16.3. The molecule has 1 fully saturated rings. The van der Waals surface area contributed by atoms with Gasteiger partial charge in [0.1, 0.15) is 0 Å². The van der Waals surface area contributed by atoms with Crippen LogP contribution < -0.4 is 5.32 Å². The van der Waals surface area contributed by atoms with Gasteiger partial charge in [0.15, 0.2) is 0 Å². The Balaban J connectivity index is 2.44. The zero-order valence-corrected chi connectivity index (χ0v) is 11.3. The molecule has 0 spiro atoms. The summed E-state index contributed by atoms with van der Waals surface area (Å²) in [6.45, 7) is 13.4. The van der Waals surface area contributed by atoms with Gasteiger partial charge >= 0.3 is 0 Å². The molecule has 2 N–H and O–H groups in total. The fraction of sp³-hybridized carbons (Fsp3) is 1.00. The predicted octanol–water partition coefficient (Wildman–Crippen LogP) is 1.32.